The minimum atomic E-state index is -0.904. The van der Waals surface area contributed by atoms with Gasteiger partial charge in [-0.05, 0) is 81.6 Å². The van der Waals surface area contributed by atoms with Gasteiger partial charge in [-0.3, -0.25) is 9.59 Å². The van der Waals surface area contributed by atoms with E-state index in [0.29, 0.717) is 23.7 Å². The molecule has 0 aromatic heterocycles. The van der Waals surface area contributed by atoms with Crippen LogP contribution in [0, 0.1) is 35.5 Å². The number of aliphatic carboxylic acids is 1. The van der Waals surface area contributed by atoms with E-state index in [1.807, 2.05) is 26.8 Å². The van der Waals surface area contributed by atoms with Crippen LogP contribution in [0.1, 0.15) is 124 Å². The van der Waals surface area contributed by atoms with Crippen LogP contribution in [0.15, 0.2) is 30.3 Å². The largest absolute Gasteiger partial charge is 0.481 e. The van der Waals surface area contributed by atoms with Crippen LogP contribution in [-0.4, -0.2) is 22.6 Å². The average Bonchev–Trinajstić information content (AvgIpc) is 3.23. The number of ether oxygens (including phenoxy) is 1. The van der Waals surface area contributed by atoms with E-state index < -0.39 is 23.4 Å². The molecule has 4 nitrogen and oxygen atoms in total. The lowest BCUT2D eigenvalue weighted by molar-refractivity contribution is -0.171. The summed E-state index contributed by atoms with van der Waals surface area (Å²) in [6, 6.07) is 10.5. The molecule has 0 spiro atoms. The summed E-state index contributed by atoms with van der Waals surface area (Å²) in [6.45, 7) is 9.48. The van der Waals surface area contributed by atoms with E-state index in [1.165, 1.54) is 12.0 Å². The highest BCUT2D eigenvalue weighted by molar-refractivity contribution is 5.81. The number of carbonyl (C=O) groups excluding carboxylic acids is 1. The van der Waals surface area contributed by atoms with E-state index in [1.54, 1.807) is 6.92 Å². The van der Waals surface area contributed by atoms with Crippen molar-refractivity contribution < 1.29 is 19.4 Å². The van der Waals surface area contributed by atoms with E-state index in [9.17, 15) is 14.7 Å². The van der Waals surface area contributed by atoms with Crippen LogP contribution >= 0.6 is 0 Å². The molecule has 1 aromatic rings. The van der Waals surface area contributed by atoms with Crippen LogP contribution in [0.25, 0.3) is 0 Å². The molecule has 2 bridgehead atoms. The van der Waals surface area contributed by atoms with Crippen LogP contribution < -0.4 is 0 Å². The minimum absolute atomic E-state index is 0. The normalized spacial score (nSPS) is 23.6. The zero-order chi connectivity index (χ0) is 21.3. The second kappa shape index (κ2) is 17.6. The highest BCUT2D eigenvalue weighted by Gasteiger charge is 2.54. The third kappa shape index (κ3) is 9.90. The van der Waals surface area contributed by atoms with Gasteiger partial charge in [0.2, 0.25) is 0 Å². The molecule has 1 aromatic carbocycles. The van der Waals surface area contributed by atoms with Gasteiger partial charge in [-0.2, -0.15) is 0 Å². The summed E-state index contributed by atoms with van der Waals surface area (Å²) >= 11 is 0. The maximum atomic E-state index is 13.2. The average molecular weight is 513 g/mol. The van der Waals surface area contributed by atoms with E-state index in [2.05, 4.69) is 31.2 Å². The van der Waals surface area contributed by atoms with Crippen LogP contribution in [0.5, 0.6) is 0 Å². The molecule has 2 aliphatic carbocycles. The van der Waals surface area contributed by atoms with Crippen molar-refractivity contribution in [3.8, 4) is 0 Å². The molecule has 0 heterocycles. The van der Waals surface area contributed by atoms with Crippen LogP contribution in [-0.2, 0) is 14.3 Å². The quantitative estimate of drug-likeness (QED) is 0.369. The fourth-order valence-electron chi connectivity index (χ4n) is 5.91. The number of rotatable bonds is 7. The van der Waals surface area contributed by atoms with Gasteiger partial charge in [0.1, 0.15) is 5.60 Å². The van der Waals surface area contributed by atoms with Gasteiger partial charge in [-0.15, -0.1) is 0 Å². The highest BCUT2D eigenvalue weighted by Crippen LogP contribution is 2.58. The minimum Gasteiger partial charge on any atom is -0.481 e. The van der Waals surface area contributed by atoms with Crippen molar-refractivity contribution in [3.63, 3.8) is 0 Å². The van der Waals surface area contributed by atoms with Gasteiger partial charge >= 0.3 is 11.9 Å². The number of carbonyl (C=O) groups is 2. The molecule has 2 fully saturated rings. The first kappa shape index (κ1) is 44.2. The van der Waals surface area contributed by atoms with Gasteiger partial charge in [0.05, 0.1) is 11.8 Å². The van der Waals surface area contributed by atoms with Crippen LogP contribution in [0.2, 0.25) is 0 Å². The monoisotopic (exact) mass is 512 g/mol. The molecule has 4 heteroatoms. The molecular formula is C32H64O4. The van der Waals surface area contributed by atoms with Gasteiger partial charge in [-0.25, -0.2) is 0 Å². The number of fused-ring (bicyclic) bond motifs is 2. The number of esters is 1. The number of carboxylic acids is 1. The predicted molar refractivity (Wildman–Crippen MR) is 161 cm³/mol. The second-order valence-corrected chi connectivity index (χ2v) is 10.3. The molecular weight excluding hydrogens is 448 g/mol. The van der Waals surface area contributed by atoms with Gasteiger partial charge in [0, 0.05) is 0 Å². The lowest BCUT2D eigenvalue weighted by Crippen LogP contribution is -2.43. The van der Waals surface area contributed by atoms with Gasteiger partial charge in [0.15, 0.2) is 0 Å². The summed E-state index contributed by atoms with van der Waals surface area (Å²) in [5.41, 5.74) is 0.701. The molecule has 2 aliphatic rings. The zero-order valence-electron chi connectivity index (χ0n) is 18.4. The smallest absolute Gasteiger partial charge is 0.310 e. The summed E-state index contributed by atoms with van der Waals surface area (Å²) in [5, 5.41) is 9.77. The number of benzene rings is 1. The zero-order valence-corrected chi connectivity index (χ0v) is 18.4. The summed E-state index contributed by atoms with van der Waals surface area (Å²) in [6.07, 6.45) is 4.44. The third-order valence-corrected chi connectivity index (χ3v) is 7.17. The summed E-state index contributed by atoms with van der Waals surface area (Å²) in [7, 11) is 0. The van der Waals surface area contributed by atoms with E-state index in [4.69, 9.17) is 4.74 Å². The summed E-state index contributed by atoms with van der Waals surface area (Å²) < 4.78 is 5.73. The predicted octanol–water partition coefficient (Wildman–Crippen LogP) is 9.97. The summed E-state index contributed by atoms with van der Waals surface area (Å²) in [4.78, 5) is 25.1. The van der Waals surface area contributed by atoms with Crippen LogP contribution in [0.3, 0.4) is 0 Å². The Bertz CT molecular complexity index is 721. The van der Waals surface area contributed by atoms with Crippen molar-refractivity contribution in [2.24, 2.45) is 35.5 Å². The Kier molecular flexibility index (Phi) is 21.6. The highest BCUT2D eigenvalue weighted by atomic mass is 16.6. The SMILES string of the molecule is C.C.C.C.C.C.C.CC(CC1C2CCC(C2)C1C(C(=O)OC(C)(C)C)C(C)C(=O)O)c1ccccc1. The maximum absolute atomic E-state index is 13.2. The van der Waals surface area contributed by atoms with Crippen molar-refractivity contribution in [1.82, 2.24) is 0 Å². The summed E-state index contributed by atoms with van der Waals surface area (Å²) in [5.74, 6) is -0.638. The van der Waals surface area contributed by atoms with Crippen LogP contribution in [0.4, 0.5) is 0 Å². The van der Waals surface area contributed by atoms with Gasteiger partial charge in [-0.1, -0.05) is 96.2 Å². The first-order chi connectivity index (χ1) is 13.6. The fraction of sp³-hybridized carbons (Fsp3) is 0.750. The molecule has 0 aliphatic heterocycles. The molecule has 3 rings (SSSR count). The first-order valence-electron chi connectivity index (χ1n) is 11.1. The molecule has 36 heavy (non-hydrogen) atoms. The number of carboxylic acid groups (broad SMARTS) is 1. The van der Waals surface area contributed by atoms with E-state index >= 15 is 0 Å². The Morgan fingerprint density at radius 1 is 0.917 bits per heavy atom. The Labute approximate surface area is 226 Å². The van der Waals surface area contributed by atoms with Gasteiger partial charge < -0.3 is 9.84 Å². The fourth-order valence-corrected chi connectivity index (χ4v) is 5.91. The molecule has 7 atom stereocenters. The third-order valence-electron chi connectivity index (χ3n) is 7.17. The molecule has 0 saturated heterocycles. The molecule has 7 unspecified atom stereocenters. The molecule has 0 amide bonds. The van der Waals surface area contributed by atoms with Crippen molar-refractivity contribution >= 4 is 11.9 Å². The number of hydrogen-bond acceptors (Lipinski definition) is 3. The second-order valence-electron chi connectivity index (χ2n) is 10.3. The maximum Gasteiger partial charge on any atom is 0.310 e. The molecule has 0 radical (unpaired) electrons. The molecule has 1 N–H and O–H groups in total. The Morgan fingerprint density at radius 2 is 1.42 bits per heavy atom. The van der Waals surface area contributed by atoms with Gasteiger partial charge in [0.25, 0.3) is 0 Å². The standard InChI is InChI=1S/C25H36O4.7CH4/c1-15(17-9-7-6-8-10-17)13-20-18-11-12-19(14-18)22(20)21(16(2)23(26)27)24(28)29-25(3,4)5;;;;;;;/h6-10,15-16,18-22H,11-14H2,1-5H3,(H,26,27);7*1H4. The first-order valence-corrected chi connectivity index (χ1v) is 11.1. The van der Waals surface area contributed by atoms with Crippen molar-refractivity contribution in [1.29, 1.82) is 0 Å². The van der Waals surface area contributed by atoms with Crippen molar-refractivity contribution in [2.45, 2.75) is 124 Å². The Hall–Kier alpha value is -1.84. The van der Waals surface area contributed by atoms with Crippen molar-refractivity contribution in [3.05, 3.63) is 35.9 Å². The lowest BCUT2D eigenvalue weighted by atomic mass is 9.66. The molecule has 216 valence electrons. The van der Waals surface area contributed by atoms with E-state index in [-0.39, 0.29) is 63.9 Å². The Balaban J connectivity index is -0.000000458. The number of hydrogen-bond donors (Lipinski definition) is 1. The lowest BCUT2D eigenvalue weighted by Gasteiger charge is -2.39. The Morgan fingerprint density at radius 3 is 1.89 bits per heavy atom. The molecule has 2 saturated carbocycles. The van der Waals surface area contributed by atoms with E-state index in [0.717, 1.165) is 19.3 Å². The topological polar surface area (TPSA) is 63.6 Å². The van der Waals surface area contributed by atoms with Crippen molar-refractivity contribution in [2.75, 3.05) is 0 Å².